The van der Waals surface area contributed by atoms with Crippen LogP contribution in [0.3, 0.4) is 0 Å². The number of aryl methyl sites for hydroxylation is 1. The van der Waals surface area contributed by atoms with Gasteiger partial charge >= 0.3 is 5.97 Å². The van der Waals surface area contributed by atoms with Crippen molar-refractivity contribution in [2.24, 2.45) is 0 Å². The first-order chi connectivity index (χ1) is 9.83. The predicted octanol–water partition coefficient (Wildman–Crippen LogP) is 1.69. The smallest absolute Gasteiger partial charge is 0.329 e. The molecule has 6 nitrogen and oxygen atoms in total. The van der Waals surface area contributed by atoms with Gasteiger partial charge in [0.2, 0.25) is 5.91 Å². The number of hydrogen-bond donors (Lipinski definition) is 2. The van der Waals surface area contributed by atoms with Gasteiger partial charge in [0.1, 0.15) is 12.1 Å². The molecule has 0 saturated carbocycles. The summed E-state index contributed by atoms with van der Waals surface area (Å²) in [5.41, 5.74) is 1.36. The molecule has 1 N–H and O–H groups in total. The molecular weight excluding hydrogens is 314 g/mol. The maximum Gasteiger partial charge on any atom is 0.329 e. The van der Waals surface area contributed by atoms with Crippen molar-refractivity contribution in [1.82, 2.24) is 15.1 Å². The summed E-state index contributed by atoms with van der Waals surface area (Å²) in [5.74, 6) is -0.682. The lowest BCUT2D eigenvalue weighted by atomic mass is 10.2. The lowest BCUT2D eigenvalue weighted by Crippen LogP contribution is -2.45. The van der Waals surface area contributed by atoms with Crippen molar-refractivity contribution in [3.8, 4) is 0 Å². The number of aromatic nitrogens is 2. The summed E-state index contributed by atoms with van der Waals surface area (Å²) < 4.78 is 6.42. The molecule has 1 heterocycles. The third kappa shape index (κ3) is 4.14. The lowest BCUT2D eigenvalue weighted by Gasteiger charge is -2.19. The second kappa shape index (κ2) is 7.70. The molecule has 2 atom stereocenters. The molecule has 0 spiro atoms. The number of halogens is 1. The van der Waals surface area contributed by atoms with Crippen LogP contribution in [0.2, 0.25) is 5.02 Å². The van der Waals surface area contributed by atoms with E-state index in [1.54, 1.807) is 27.7 Å². The standard InChI is InChI=1S/C13H20ClN3O3S/c1-5-20-13(19)10(6-21)15-12(18)9(4)17-8(3)11(14)7(2)16-17/h9-10,21H,5-6H2,1-4H3,(H,15,18)/t9?,10-/m0/s1. The van der Waals surface area contributed by atoms with E-state index in [-0.39, 0.29) is 18.3 Å². The molecule has 1 aromatic heterocycles. The number of carbonyl (C=O) groups excluding carboxylic acids is 2. The molecule has 0 radical (unpaired) electrons. The molecule has 0 bridgehead atoms. The predicted molar refractivity (Wildman–Crippen MR) is 83.8 cm³/mol. The maximum absolute atomic E-state index is 12.2. The first kappa shape index (κ1) is 17.8. The van der Waals surface area contributed by atoms with Crippen LogP contribution in [0.4, 0.5) is 0 Å². The van der Waals surface area contributed by atoms with Crippen molar-refractivity contribution >= 4 is 36.1 Å². The minimum absolute atomic E-state index is 0.162. The van der Waals surface area contributed by atoms with Gasteiger partial charge in [0.05, 0.1) is 23.0 Å². The normalized spacial score (nSPS) is 13.6. The van der Waals surface area contributed by atoms with Gasteiger partial charge in [-0.05, 0) is 27.7 Å². The highest BCUT2D eigenvalue weighted by atomic mass is 35.5. The summed E-state index contributed by atoms with van der Waals surface area (Å²) in [4.78, 5) is 23.9. The van der Waals surface area contributed by atoms with E-state index in [2.05, 4.69) is 23.0 Å². The number of carbonyl (C=O) groups is 2. The number of thiol groups is 1. The van der Waals surface area contributed by atoms with Crippen LogP contribution >= 0.6 is 24.2 Å². The van der Waals surface area contributed by atoms with E-state index in [1.807, 2.05) is 0 Å². The zero-order valence-corrected chi connectivity index (χ0v) is 14.2. The van der Waals surface area contributed by atoms with Gasteiger partial charge in [-0.3, -0.25) is 9.48 Å². The van der Waals surface area contributed by atoms with Crippen LogP contribution < -0.4 is 5.32 Å². The minimum Gasteiger partial charge on any atom is -0.464 e. The zero-order chi connectivity index (χ0) is 16.2. The summed E-state index contributed by atoms with van der Waals surface area (Å²) in [6, 6.07) is -1.37. The quantitative estimate of drug-likeness (QED) is 0.614. The van der Waals surface area contributed by atoms with Gasteiger partial charge < -0.3 is 10.1 Å². The fourth-order valence-electron chi connectivity index (χ4n) is 1.85. The number of esters is 1. The monoisotopic (exact) mass is 333 g/mol. The largest absolute Gasteiger partial charge is 0.464 e. The molecule has 0 aliphatic rings. The Kier molecular flexibility index (Phi) is 6.54. The molecule has 0 aliphatic heterocycles. The summed E-state index contributed by atoms with van der Waals surface area (Å²) in [7, 11) is 0. The minimum atomic E-state index is -0.782. The summed E-state index contributed by atoms with van der Waals surface area (Å²) in [6.45, 7) is 7.20. The van der Waals surface area contributed by atoms with Crippen LogP contribution in [0.1, 0.15) is 31.3 Å². The topological polar surface area (TPSA) is 73.2 Å². The summed E-state index contributed by atoms with van der Waals surface area (Å²) >= 11 is 10.1. The Morgan fingerprint density at radius 3 is 2.52 bits per heavy atom. The van der Waals surface area contributed by atoms with Crippen molar-refractivity contribution in [2.45, 2.75) is 39.8 Å². The number of amides is 1. The second-order valence-electron chi connectivity index (χ2n) is 4.60. The van der Waals surface area contributed by atoms with E-state index in [9.17, 15) is 9.59 Å². The highest BCUT2D eigenvalue weighted by Gasteiger charge is 2.26. The van der Waals surface area contributed by atoms with Gasteiger partial charge in [-0.25, -0.2) is 4.79 Å². The Labute approximate surface area is 134 Å². The van der Waals surface area contributed by atoms with Crippen LogP contribution in [0.25, 0.3) is 0 Å². The molecule has 1 unspecified atom stereocenters. The Balaban J connectivity index is 2.82. The van der Waals surface area contributed by atoms with Gasteiger partial charge in [0.15, 0.2) is 0 Å². The van der Waals surface area contributed by atoms with E-state index in [0.717, 1.165) is 0 Å². The summed E-state index contributed by atoms with van der Waals surface area (Å²) in [5, 5.41) is 7.38. The van der Waals surface area contributed by atoms with E-state index in [1.165, 1.54) is 4.68 Å². The fourth-order valence-corrected chi connectivity index (χ4v) is 2.21. The van der Waals surface area contributed by atoms with Crippen LogP contribution in [-0.4, -0.2) is 40.1 Å². The third-order valence-electron chi connectivity index (χ3n) is 3.05. The van der Waals surface area contributed by atoms with Gasteiger partial charge in [0.25, 0.3) is 0 Å². The highest BCUT2D eigenvalue weighted by Crippen LogP contribution is 2.22. The van der Waals surface area contributed by atoms with Gasteiger partial charge in [-0.1, -0.05) is 11.6 Å². The molecule has 1 aromatic rings. The Morgan fingerprint density at radius 2 is 2.10 bits per heavy atom. The maximum atomic E-state index is 12.2. The molecule has 21 heavy (non-hydrogen) atoms. The van der Waals surface area contributed by atoms with Crippen LogP contribution in [0.15, 0.2) is 0 Å². The van der Waals surface area contributed by atoms with Gasteiger partial charge in [0, 0.05) is 5.75 Å². The number of nitrogens with one attached hydrogen (secondary N) is 1. The molecule has 0 fully saturated rings. The van der Waals surface area contributed by atoms with Crippen LogP contribution in [0.5, 0.6) is 0 Å². The number of hydrogen-bond acceptors (Lipinski definition) is 5. The Bertz CT molecular complexity index is 533. The molecule has 0 saturated heterocycles. The summed E-state index contributed by atoms with van der Waals surface area (Å²) in [6.07, 6.45) is 0. The van der Waals surface area contributed by atoms with Crippen LogP contribution in [-0.2, 0) is 14.3 Å². The molecule has 8 heteroatoms. The van der Waals surface area contributed by atoms with E-state index in [0.29, 0.717) is 16.4 Å². The molecule has 118 valence electrons. The Hall–Kier alpha value is -1.21. The fraction of sp³-hybridized carbons (Fsp3) is 0.615. The zero-order valence-electron chi connectivity index (χ0n) is 12.5. The van der Waals surface area contributed by atoms with Crippen molar-refractivity contribution in [3.05, 3.63) is 16.4 Å². The lowest BCUT2D eigenvalue weighted by molar-refractivity contribution is -0.147. The van der Waals surface area contributed by atoms with Crippen molar-refractivity contribution in [1.29, 1.82) is 0 Å². The molecular formula is C13H20ClN3O3S. The first-order valence-electron chi connectivity index (χ1n) is 6.62. The highest BCUT2D eigenvalue weighted by molar-refractivity contribution is 7.80. The van der Waals surface area contributed by atoms with Gasteiger partial charge in [-0.15, -0.1) is 0 Å². The van der Waals surface area contributed by atoms with Gasteiger partial charge in [-0.2, -0.15) is 17.7 Å². The first-order valence-corrected chi connectivity index (χ1v) is 7.63. The van der Waals surface area contributed by atoms with Crippen molar-refractivity contribution in [2.75, 3.05) is 12.4 Å². The molecule has 1 amide bonds. The third-order valence-corrected chi connectivity index (χ3v) is 3.97. The molecule has 1 rings (SSSR count). The Morgan fingerprint density at radius 1 is 1.48 bits per heavy atom. The van der Waals surface area contributed by atoms with E-state index < -0.39 is 18.1 Å². The molecule has 0 aliphatic carbocycles. The van der Waals surface area contributed by atoms with Crippen molar-refractivity contribution < 1.29 is 14.3 Å². The SMILES string of the molecule is CCOC(=O)[C@H](CS)NC(=O)C(C)n1nc(C)c(Cl)c1C. The van der Waals surface area contributed by atoms with E-state index in [4.69, 9.17) is 16.3 Å². The number of nitrogens with zero attached hydrogens (tertiary/aromatic N) is 2. The van der Waals surface area contributed by atoms with Crippen LogP contribution in [0, 0.1) is 13.8 Å². The average Bonchev–Trinajstić information content (AvgIpc) is 2.71. The number of rotatable bonds is 6. The number of ether oxygens (including phenoxy) is 1. The second-order valence-corrected chi connectivity index (χ2v) is 5.34. The average molecular weight is 334 g/mol. The van der Waals surface area contributed by atoms with E-state index >= 15 is 0 Å². The van der Waals surface area contributed by atoms with Crippen molar-refractivity contribution in [3.63, 3.8) is 0 Å². The molecule has 0 aromatic carbocycles.